The Morgan fingerprint density at radius 3 is 2.11 bits per heavy atom. The summed E-state index contributed by atoms with van der Waals surface area (Å²) < 4.78 is 0. The van der Waals surface area contributed by atoms with Crippen molar-refractivity contribution in [3.8, 4) is 0 Å². The molecule has 0 spiro atoms. The number of rotatable bonds is 2. The predicted octanol–water partition coefficient (Wildman–Crippen LogP) is 5.30. The van der Waals surface area contributed by atoms with E-state index in [-0.39, 0.29) is 0 Å². The molecule has 0 aliphatic carbocycles. The maximum Gasteiger partial charge on any atom is 0.0886 e. The van der Waals surface area contributed by atoms with Gasteiger partial charge in [0.05, 0.1) is 11.4 Å². The lowest BCUT2D eigenvalue weighted by molar-refractivity contribution is 1.22. The Morgan fingerprint density at radius 1 is 0.889 bits per heavy atom. The number of azo groups is 1. The minimum Gasteiger partial charge on any atom is -0.399 e. The van der Waals surface area contributed by atoms with E-state index in [0.29, 0.717) is 15.7 Å². The Bertz CT molecular complexity index is 589. The second kappa shape index (κ2) is 5.38. The lowest BCUT2D eigenvalue weighted by Crippen LogP contribution is -1.86. The number of aryl methyl sites for hydroxylation is 1. The van der Waals surface area contributed by atoms with Gasteiger partial charge in [-0.2, -0.15) is 10.2 Å². The van der Waals surface area contributed by atoms with E-state index in [1.54, 1.807) is 30.3 Å². The van der Waals surface area contributed by atoms with Gasteiger partial charge >= 0.3 is 0 Å². The number of nitrogens with zero attached hydrogens (tertiary/aromatic N) is 2. The number of halogens is 2. The minimum atomic E-state index is 0.532. The summed E-state index contributed by atoms with van der Waals surface area (Å²) in [6, 6.07) is 10.5. The fraction of sp³-hybridized carbons (Fsp3) is 0.0769. The lowest BCUT2D eigenvalue weighted by atomic mass is 10.2. The van der Waals surface area contributed by atoms with E-state index in [0.717, 1.165) is 16.9 Å². The van der Waals surface area contributed by atoms with Gasteiger partial charge < -0.3 is 5.73 Å². The van der Waals surface area contributed by atoms with Gasteiger partial charge in [-0.05, 0) is 48.9 Å². The van der Waals surface area contributed by atoms with Gasteiger partial charge in [-0.15, -0.1) is 0 Å². The summed E-state index contributed by atoms with van der Waals surface area (Å²) >= 11 is 11.8. The first-order valence-corrected chi connectivity index (χ1v) is 6.04. The number of benzene rings is 2. The Balaban J connectivity index is 2.27. The second-order valence-electron chi connectivity index (χ2n) is 3.87. The molecule has 92 valence electrons. The van der Waals surface area contributed by atoms with Gasteiger partial charge in [-0.1, -0.05) is 23.2 Å². The number of hydrogen-bond donors (Lipinski definition) is 1. The molecule has 2 rings (SSSR count). The molecule has 0 bridgehead atoms. The van der Waals surface area contributed by atoms with Crippen LogP contribution < -0.4 is 5.73 Å². The smallest absolute Gasteiger partial charge is 0.0886 e. The average molecular weight is 280 g/mol. The fourth-order valence-corrected chi connectivity index (χ4v) is 1.95. The van der Waals surface area contributed by atoms with Crippen LogP contribution in [0.4, 0.5) is 17.1 Å². The van der Waals surface area contributed by atoms with Gasteiger partial charge in [0, 0.05) is 15.7 Å². The van der Waals surface area contributed by atoms with Gasteiger partial charge in [0.25, 0.3) is 0 Å². The third-order valence-corrected chi connectivity index (χ3v) is 2.82. The summed E-state index contributed by atoms with van der Waals surface area (Å²) in [5, 5.41) is 9.26. The van der Waals surface area contributed by atoms with Gasteiger partial charge in [0.1, 0.15) is 0 Å². The predicted molar refractivity (Wildman–Crippen MR) is 76.2 cm³/mol. The van der Waals surface area contributed by atoms with E-state index < -0.39 is 0 Å². The highest BCUT2D eigenvalue weighted by atomic mass is 35.5. The van der Waals surface area contributed by atoms with E-state index in [2.05, 4.69) is 10.2 Å². The Morgan fingerprint density at radius 2 is 1.50 bits per heavy atom. The van der Waals surface area contributed by atoms with Crippen molar-refractivity contribution in [1.82, 2.24) is 0 Å². The van der Waals surface area contributed by atoms with Crippen LogP contribution in [0.5, 0.6) is 0 Å². The molecule has 18 heavy (non-hydrogen) atoms. The van der Waals surface area contributed by atoms with Gasteiger partial charge in [0.2, 0.25) is 0 Å². The quantitative estimate of drug-likeness (QED) is 0.589. The molecule has 0 aliphatic heterocycles. The van der Waals surface area contributed by atoms with E-state index in [1.165, 1.54) is 0 Å². The summed E-state index contributed by atoms with van der Waals surface area (Å²) in [5.41, 5.74) is 8.78. The Labute approximate surface area is 115 Å². The third-order valence-electron chi connectivity index (χ3n) is 2.38. The Kier molecular flexibility index (Phi) is 3.84. The molecule has 0 saturated heterocycles. The van der Waals surface area contributed by atoms with Crippen molar-refractivity contribution in [3.63, 3.8) is 0 Å². The van der Waals surface area contributed by atoms with Crippen molar-refractivity contribution in [2.45, 2.75) is 6.92 Å². The molecule has 0 fully saturated rings. The molecule has 0 amide bonds. The number of nitrogens with two attached hydrogens (primary N) is 1. The van der Waals surface area contributed by atoms with E-state index in [9.17, 15) is 0 Å². The van der Waals surface area contributed by atoms with E-state index >= 15 is 0 Å². The van der Waals surface area contributed by atoms with E-state index in [4.69, 9.17) is 28.9 Å². The molecule has 2 aromatic rings. The summed E-state index contributed by atoms with van der Waals surface area (Å²) in [5.74, 6) is 0. The van der Waals surface area contributed by atoms with Crippen LogP contribution in [-0.4, -0.2) is 0 Å². The highest BCUT2D eigenvalue weighted by Crippen LogP contribution is 2.27. The largest absolute Gasteiger partial charge is 0.399 e. The van der Waals surface area contributed by atoms with Crippen LogP contribution in [0.3, 0.4) is 0 Å². The van der Waals surface area contributed by atoms with Crippen LogP contribution in [-0.2, 0) is 0 Å². The summed E-state index contributed by atoms with van der Waals surface area (Å²) in [6.07, 6.45) is 0. The molecular weight excluding hydrogens is 269 g/mol. The molecular formula is C13H11Cl2N3. The van der Waals surface area contributed by atoms with Crippen molar-refractivity contribution in [2.24, 2.45) is 10.2 Å². The monoisotopic (exact) mass is 279 g/mol. The number of hydrogen-bond acceptors (Lipinski definition) is 3. The van der Waals surface area contributed by atoms with Crippen molar-refractivity contribution < 1.29 is 0 Å². The molecule has 2 aromatic carbocycles. The zero-order valence-electron chi connectivity index (χ0n) is 9.69. The van der Waals surface area contributed by atoms with Crippen molar-refractivity contribution >= 4 is 40.3 Å². The van der Waals surface area contributed by atoms with Crippen LogP contribution in [0.25, 0.3) is 0 Å². The molecule has 0 unspecified atom stereocenters. The van der Waals surface area contributed by atoms with Crippen LogP contribution in [0.2, 0.25) is 10.0 Å². The second-order valence-corrected chi connectivity index (χ2v) is 4.74. The van der Waals surface area contributed by atoms with Crippen molar-refractivity contribution in [2.75, 3.05) is 5.73 Å². The standard InChI is InChI=1S/C13H11Cl2N3/c1-8-4-11(2-3-13(8)16)17-18-12-6-9(14)5-10(15)7-12/h2-7H,16H2,1H3. The van der Waals surface area contributed by atoms with Gasteiger partial charge in [-0.3, -0.25) is 0 Å². The van der Waals surface area contributed by atoms with Crippen molar-refractivity contribution in [1.29, 1.82) is 0 Å². The van der Waals surface area contributed by atoms with Crippen molar-refractivity contribution in [3.05, 3.63) is 52.0 Å². The zero-order chi connectivity index (χ0) is 13.1. The fourth-order valence-electron chi connectivity index (χ4n) is 1.43. The zero-order valence-corrected chi connectivity index (χ0v) is 11.2. The maximum atomic E-state index is 5.88. The average Bonchev–Trinajstić information content (AvgIpc) is 2.29. The van der Waals surface area contributed by atoms with Crippen LogP contribution in [0.15, 0.2) is 46.6 Å². The summed E-state index contributed by atoms with van der Waals surface area (Å²) in [6.45, 7) is 1.92. The van der Waals surface area contributed by atoms with Crippen LogP contribution >= 0.6 is 23.2 Å². The highest BCUT2D eigenvalue weighted by Gasteiger charge is 1.98. The third kappa shape index (κ3) is 3.22. The van der Waals surface area contributed by atoms with Gasteiger partial charge in [0.15, 0.2) is 0 Å². The first kappa shape index (κ1) is 12.9. The molecule has 3 nitrogen and oxygen atoms in total. The molecule has 5 heteroatoms. The highest BCUT2D eigenvalue weighted by molar-refractivity contribution is 6.35. The SMILES string of the molecule is Cc1cc(N=Nc2cc(Cl)cc(Cl)c2)ccc1N. The van der Waals surface area contributed by atoms with Gasteiger partial charge in [-0.25, -0.2) is 0 Å². The maximum absolute atomic E-state index is 5.88. The van der Waals surface area contributed by atoms with Crippen LogP contribution in [0.1, 0.15) is 5.56 Å². The number of nitrogen functional groups attached to an aromatic ring is 1. The normalized spacial score (nSPS) is 11.1. The minimum absolute atomic E-state index is 0.532. The summed E-state index contributed by atoms with van der Waals surface area (Å²) in [4.78, 5) is 0. The molecule has 0 atom stereocenters. The molecule has 2 N–H and O–H groups in total. The summed E-state index contributed by atoms with van der Waals surface area (Å²) in [7, 11) is 0. The van der Waals surface area contributed by atoms with E-state index in [1.807, 2.05) is 13.0 Å². The number of anilines is 1. The molecule has 0 radical (unpaired) electrons. The lowest BCUT2D eigenvalue weighted by Gasteiger charge is -2.00. The topological polar surface area (TPSA) is 50.7 Å². The molecule has 0 aromatic heterocycles. The molecule has 0 heterocycles. The first-order chi connectivity index (χ1) is 8.54. The first-order valence-electron chi connectivity index (χ1n) is 5.28. The molecule has 0 aliphatic rings. The van der Waals surface area contributed by atoms with Crippen LogP contribution in [0, 0.1) is 6.92 Å². The Hall–Kier alpha value is -1.58. The molecule has 0 saturated carbocycles.